The molecule has 2 aromatic rings. The van der Waals surface area contributed by atoms with Crippen LogP contribution in [-0.2, 0) is 0 Å². The minimum Gasteiger partial charge on any atom is -0.487 e. The minimum absolute atomic E-state index is 0.117. The Morgan fingerprint density at radius 1 is 1.35 bits per heavy atom. The van der Waals surface area contributed by atoms with E-state index < -0.39 is 0 Å². The number of pyridine rings is 1. The van der Waals surface area contributed by atoms with Gasteiger partial charge in [0.25, 0.3) is 0 Å². The lowest BCUT2D eigenvalue weighted by Crippen LogP contribution is -2.42. The SMILES string of the molecule is Cc1ccc2c(c1)OC(C)(C)C[C@H]2NC(=S)Nc1cccnc1. The third-order valence-electron chi connectivity index (χ3n) is 3.85. The van der Waals surface area contributed by atoms with Crippen molar-refractivity contribution in [1.29, 1.82) is 0 Å². The molecule has 1 atom stereocenters. The number of ether oxygens (including phenoxy) is 1. The largest absolute Gasteiger partial charge is 0.487 e. The van der Waals surface area contributed by atoms with Gasteiger partial charge in [-0.2, -0.15) is 0 Å². The molecule has 120 valence electrons. The van der Waals surface area contributed by atoms with Gasteiger partial charge in [-0.15, -0.1) is 0 Å². The van der Waals surface area contributed by atoms with E-state index in [0.717, 1.165) is 23.4 Å². The Kier molecular flexibility index (Phi) is 4.22. The van der Waals surface area contributed by atoms with Crippen molar-refractivity contribution in [3.63, 3.8) is 0 Å². The van der Waals surface area contributed by atoms with Crippen LogP contribution >= 0.6 is 12.2 Å². The first-order valence-corrected chi connectivity index (χ1v) is 8.11. The van der Waals surface area contributed by atoms with Gasteiger partial charge in [0, 0.05) is 18.2 Å². The Morgan fingerprint density at radius 2 is 2.17 bits per heavy atom. The van der Waals surface area contributed by atoms with E-state index in [4.69, 9.17) is 17.0 Å². The number of fused-ring (bicyclic) bond motifs is 1. The second-order valence-corrected chi connectivity index (χ2v) is 6.91. The van der Waals surface area contributed by atoms with Crippen LogP contribution in [0.5, 0.6) is 5.75 Å². The third kappa shape index (κ3) is 3.79. The quantitative estimate of drug-likeness (QED) is 0.817. The summed E-state index contributed by atoms with van der Waals surface area (Å²) in [4.78, 5) is 4.08. The Hall–Kier alpha value is -2.14. The number of benzene rings is 1. The van der Waals surface area contributed by atoms with E-state index in [2.05, 4.69) is 54.6 Å². The lowest BCUT2D eigenvalue weighted by molar-refractivity contribution is 0.0696. The van der Waals surface area contributed by atoms with E-state index in [9.17, 15) is 0 Å². The van der Waals surface area contributed by atoms with Crippen LogP contribution in [0.1, 0.15) is 37.4 Å². The fourth-order valence-electron chi connectivity index (χ4n) is 2.85. The van der Waals surface area contributed by atoms with E-state index in [1.165, 1.54) is 5.56 Å². The second kappa shape index (κ2) is 6.16. The van der Waals surface area contributed by atoms with Gasteiger partial charge < -0.3 is 15.4 Å². The number of nitrogens with zero attached hydrogens (tertiary/aromatic N) is 1. The number of aromatic nitrogens is 1. The van der Waals surface area contributed by atoms with Gasteiger partial charge in [-0.3, -0.25) is 4.98 Å². The van der Waals surface area contributed by atoms with Gasteiger partial charge in [0.1, 0.15) is 11.4 Å². The summed E-state index contributed by atoms with van der Waals surface area (Å²) in [6.07, 6.45) is 4.33. The third-order valence-corrected chi connectivity index (χ3v) is 4.07. The van der Waals surface area contributed by atoms with Crippen LogP contribution in [0.2, 0.25) is 0 Å². The molecule has 0 bridgehead atoms. The molecule has 2 N–H and O–H groups in total. The highest BCUT2D eigenvalue weighted by Crippen LogP contribution is 2.39. The van der Waals surface area contributed by atoms with Crippen LogP contribution in [0.15, 0.2) is 42.7 Å². The number of hydrogen-bond acceptors (Lipinski definition) is 3. The molecule has 1 aliphatic heterocycles. The number of rotatable bonds is 2. The molecular weight excluding hydrogens is 306 g/mol. The smallest absolute Gasteiger partial charge is 0.171 e. The Labute approximate surface area is 142 Å². The molecule has 5 heteroatoms. The van der Waals surface area contributed by atoms with Crippen molar-refractivity contribution in [2.24, 2.45) is 0 Å². The summed E-state index contributed by atoms with van der Waals surface area (Å²) in [6, 6.07) is 10.2. The second-order valence-electron chi connectivity index (χ2n) is 6.50. The van der Waals surface area contributed by atoms with Gasteiger partial charge in [0.2, 0.25) is 0 Å². The Bertz CT molecular complexity index is 715. The van der Waals surface area contributed by atoms with Crippen molar-refractivity contribution in [1.82, 2.24) is 10.3 Å². The average Bonchev–Trinajstić information content (AvgIpc) is 2.46. The maximum absolute atomic E-state index is 6.12. The van der Waals surface area contributed by atoms with E-state index in [0.29, 0.717) is 5.11 Å². The van der Waals surface area contributed by atoms with Crippen molar-refractivity contribution < 1.29 is 4.74 Å². The summed E-state index contributed by atoms with van der Waals surface area (Å²) in [7, 11) is 0. The molecule has 0 aliphatic carbocycles. The minimum atomic E-state index is -0.234. The van der Waals surface area contributed by atoms with Crippen molar-refractivity contribution in [3.05, 3.63) is 53.9 Å². The number of hydrogen-bond donors (Lipinski definition) is 2. The molecule has 0 unspecified atom stereocenters. The van der Waals surface area contributed by atoms with Crippen molar-refractivity contribution >= 4 is 23.0 Å². The van der Waals surface area contributed by atoms with Gasteiger partial charge in [-0.1, -0.05) is 12.1 Å². The number of nitrogens with one attached hydrogen (secondary N) is 2. The molecule has 23 heavy (non-hydrogen) atoms. The first-order valence-electron chi connectivity index (χ1n) is 7.70. The van der Waals surface area contributed by atoms with Crippen molar-refractivity contribution in [3.8, 4) is 5.75 Å². The molecule has 0 radical (unpaired) electrons. The van der Waals surface area contributed by atoms with Gasteiger partial charge in [-0.05, 0) is 56.8 Å². The first-order chi connectivity index (χ1) is 10.9. The topological polar surface area (TPSA) is 46.2 Å². The molecule has 0 spiro atoms. The summed E-state index contributed by atoms with van der Waals surface area (Å²) in [5.41, 5.74) is 2.98. The van der Waals surface area contributed by atoms with Crippen molar-refractivity contribution in [2.75, 3.05) is 5.32 Å². The zero-order valence-corrected chi connectivity index (χ0v) is 14.4. The lowest BCUT2D eigenvalue weighted by atomic mass is 9.89. The van der Waals surface area contributed by atoms with Crippen molar-refractivity contribution in [2.45, 2.75) is 38.8 Å². The average molecular weight is 327 g/mol. The summed E-state index contributed by atoms with van der Waals surface area (Å²) in [5.74, 6) is 0.933. The molecule has 1 aliphatic rings. The van der Waals surface area contributed by atoms with Crippen LogP contribution in [-0.4, -0.2) is 15.7 Å². The van der Waals surface area contributed by atoms with Crippen LogP contribution in [0, 0.1) is 6.92 Å². The van der Waals surface area contributed by atoms with Gasteiger partial charge in [0.15, 0.2) is 5.11 Å². The maximum atomic E-state index is 6.12. The molecule has 0 fully saturated rings. The normalized spacial score (nSPS) is 18.5. The van der Waals surface area contributed by atoms with Crippen LogP contribution in [0.25, 0.3) is 0 Å². The standard InChI is InChI=1S/C18H21N3OS/c1-12-6-7-14-15(10-18(2,3)22-16(14)9-12)21-17(23)20-13-5-4-8-19-11-13/h4-9,11,15H,10H2,1-3H3,(H2,20,21,23)/t15-/m1/s1. The fraction of sp³-hybridized carbons (Fsp3) is 0.333. The molecule has 0 saturated carbocycles. The molecular formula is C18H21N3OS. The number of aryl methyl sites for hydroxylation is 1. The Morgan fingerprint density at radius 3 is 2.91 bits per heavy atom. The monoisotopic (exact) mass is 327 g/mol. The van der Waals surface area contributed by atoms with E-state index in [1.54, 1.807) is 12.4 Å². The highest BCUT2D eigenvalue weighted by molar-refractivity contribution is 7.80. The highest BCUT2D eigenvalue weighted by atomic mass is 32.1. The summed E-state index contributed by atoms with van der Waals surface area (Å²) >= 11 is 5.46. The number of thiocarbonyl (C=S) groups is 1. The summed E-state index contributed by atoms with van der Waals surface area (Å²) in [6.45, 7) is 6.28. The summed E-state index contributed by atoms with van der Waals surface area (Å²) in [5, 5.41) is 7.18. The predicted molar refractivity (Wildman–Crippen MR) is 96.8 cm³/mol. The molecule has 0 amide bonds. The molecule has 3 rings (SSSR count). The van der Waals surface area contributed by atoms with E-state index in [-0.39, 0.29) is 11.6 Å². The first kappa shape index (κ1) is 15.7. The van der Waals surface area contributed by atoms with Crippen LogP contribution in [0.4, 0.5) is 5.69 Å². The maximum Gasteiger partial charge on any atom is 0.171 e. The predicted octanol–water partition coefficient (Wildman–Crippen LogP) is 3.98. The zero-order valence-electron chi connectivity index (χ0n) is 13.6. The lowest BCUT2D eigenvalue weighted by Gasteiger charge is -2.38. The molecule has 1 aromatic heterocycles. The fourth-order valence-corrected chi connectivity index (χ4v) is 3.11. The number of anilines is 1. The molecule has 4 nitrogen and oxygen atoms in total. The summed E-state index contributed by atoms with van der Waals surface area (Å²) < 4.78 is 6.12. The van der Waals surface area contributed by atoms with E-state index in [1.807, 2.05) is 12.1 Å². The van der Waals surface area contributed by atoms with Gasteiger partial charge in [0.05, 0.1) is 17.9 Å². The molecule has 0 saturated heterocycles. The molecule has 1 aromatic carbocycles. The van der Waals surface area contributed by atoms with E-state index >= 15 is 0 Å². The zero-order chi connectivity index (χ0) is 16.4. The Balaban J connectivity index is 1.78. The van der Waals surface area contributed by atoms with Gasteiger partial charge in [-0.25, -0.2) is 0 Å². The van der Waals surface area contributed by atoms with Crippen LogP contribution in [0.3, 0.4) is 0 Å². The molecule has 2 heterocycles. The van der Waals surface area contributed by atoms with Crippen LogP contribution < -0.4 is 15.4 Å². The van der Waals surface area contributed by atoms with Gasteiger partial charge >= 0.3 is 0 Å². The highest BCUT2D eigenvalue weighted by Gasteiger charge is 2.34.